The first-order valence-corrected chi connectivity index (χ1v) is 9.71. The number of halogens is 1. The standard InChI is InChI=1S/C19H22FN3O2S/c1-13(17(24)21-12-11-14-5-3-2-4-6-14)26-19-23-22-18(25-19)15-7-9-16(20)10-8-15/h5,7-10,13H,2-4,6,11-12H2,1H3,(H,21,24)/t13-/m0/s1. The van der Waals surface area contributed by atoms with E-state index in [1.807, 2.05) is 6.92 Å². The van der Waals surface area contributed by atoms with Gasteiger partial charge in [-0.25, -0.2) is 4.39 Å². The molecule has 0 fully saturated rings. The van der Waals surface area contributed by atoms with Crippen LogP contribution in [0.5, 0.6) is 0 Å². The number of aromatic nitrogens is 2. The molecule has 0 aliphatic heterocycles. The molecular weight excluding hydrogens is 353 g/mol. The number of carbonyl (C=O) groups excluding carboxylic acids is 1. The predicted molar refractivity (Wildman–Crippen MR) is 99.2 cm³/mol. The molecule has 0 unspecified atom stereocenters. The van der Waals surface area contributed by atoms with Gasteiger partial charge >= 0.3 is 0 Å². The summed E-state index contributed by atoms with van der Waals surface area (Å²) in [6.45, 7) is 2.46. The molecule has 0 radical (unpaired) electrons. The third-order valence-electron chi connectivity index (χ3n) is 4.27. The Hall–Kier alpha value is -2.15. The Morgan fingerprint density at radius 3 is 2.85 bits per heavy atom. The van der Waals surface area contributed by atoms with Crippen LogP contribution in [0.25, 0.3) is 11.5 Å². The highest BCUT2D eigenvalue weighted by molar-refractivity contribution is 8.00. The molecule has 7 heteroatoms. The monoisotopic (exact) mass is 375 g/mol. The number of carbonyl (C=O) groups is 1. The zero-order valence-corrected chi connectivity index (χ0v) is 15.5. The van der Waals surface area contributed by atoms with E-state index in [9.17, 15) is 9.18 Å². The van der Waals surface area contributed by atoms with Gasteiger partial charge in [0.05, 0.1) is 5.25 Å². The maximum Gasteiger partial charge on any atom is 0.277 e. The van der Waals surface area contributed by atoms with Crippen molar-refractivity contribution in [1.29, 1.82) is 0 Å². The van der Waals surface area contributed by atoms with Crippen molar-refractivity contribution in [3.8, 4) is 11.5 Å². The molecule has 1 aromatic carbocycles. The van der Waals surface area contributed by atoms with Crippen molar-refractivity contribution in [2.75, 3.05) is 6.54 Å². The first-order chi connectivity index (χ1) is 12.6. The van der Waals surface area contributed by atoms with Gasteiger partial charge in [0.15, 0.2) is 0 Å². The van der Waals surface area contributed by atoms with E-state index in [0.29, 0.717) is 23.2 Å². The lowest BCUT2D eigenvalue weighted by atomic mass is 9.97. The van der Waals surface area contributed by atoms with E-state index in [4.69, 9.17) is 4.42 Å². The van der Waals surface area contributed by atoms with Crippen molar-refractivity contribution >= 4 is 17.7 Å². The van der Waals surface area contributed by atoms with Crippen molar-refractivity contribution in [3.05, 3.63) is 41.7 Å². The molecule has 138 valence electrons. The van der Waals surface area contributed by atoms with E-state index >= 15 is 0 Å². The average molecular weight is 375 g/mol. The first kappa shape index (κ1) is 18.6. The normalized spacial score (nSPS) is 15.4. The summed E-state index contributed by atoms with van der Waals surface area (Å²) in [7, 11) is 0. The van der Waals surface area contributed by atoms with Crippen molar-refractivity contribution in [3.63, 3.8) is 0 Å². The summed E-state index contributed by atoms with van der Waals surface area (Å²) in [5.74, 6) is -0.0607. The highest BCUT2D eigenvalue weighted by Gasteiger charge is 2.18. The lowest BCUT2D eigenvalue weighted by Gasteiger charge is -2.14. The minimum absolute atomic E-state index is 0.0482. The first-order valence-electron chi connectivity index (χ1n) is 8.83. The van der Waals surface area contributed by atoms with Crippen molar-refractivity contribution < 1.29 is 13.6 Å². The Labute approximate surface area is 156 Å². The molecule has 0 saturated carbocycles. The van der Waals surface area contributed by atoms with Crippen LogP contribution in [0, 0.1) is 5.82 Å². The van der Waals surface area contributed by atoms with E-state index in [2.05, 4.69) is 21.6 Å². The van der Waals surface area contributed by atoms with Crippen LogP contribution in [0.1, 0.15) is 39.0 Å². The van der Waals surface area contributed by atoms with Gasteiger partial charge in [-0.3, -0.25) is 4.79 Å². The molecule has 2 aromatic rings. The number of hydrogen-bond donors (Lipinski definition) is 1. The summed E-state index contributed by atoms with van der Waals surface area (Å²) in [5.41, 5.74) is 2.08. The molecule has 1 heterocycles. The molecule has 0 spiro atoms. The fraction of sp³-hybridized carbons (Fsp3) is 0.421. The Balaban J connectivity index is 1.48. The summed E-state index contributed by atoms with van der Waals surface area (Å²) in [5, 5.41) is 10.9. The highest BCUT2D eigenvalue weighted by Crippen LogP contribution is 2.26. The molecule has 0 bridgehead atoms. The van der Waals surface area contributed by atoms with Crippen LogP contribution >= 0.6 is 11.8 Å². The largest absolute Gasteiger partial charge is 0.411 e. The Bertz CT molecular complexity index is 773. The minimum atomic E-state index is -0.336. The summed E-state index contributed by atoms with van der Waals surface area (Å²) in [4.78, 5) is 12.2. The van der Waals surface area contributed by atoms with Crippen LogP contribution in [-0.2, 0) is 4.79 Å². The zero-order valence-electron chi connectivity index (χ0n) is 14.7. The summed E-state index contributed by atoms with van der Waals surface area (Å²) in [6, 6.07) is 5.83. The van der Waals surface area contributed by atoms with Gasteiger partial charge < -0.3 is 9.73 Å². The summed E-state index contributed by atoms with van der Waals surface area (Å²) < 4.78 is 18.5. The van der Waals surface area contributed by atoms with Gasteiger partial charge in [0, 0.05) is 12.1 Å². The van der Waals surface area contributed by atoms with Gasteiger partial charge in [-0.1, -0.05) is 23.4 Å². The number of benzene rings is 1. The van der Waals surface area contributed by atoms with Crippen LogP contribution in [-0.4, -0.2) is 27.9 Å². The van der Waals surface area contributed by atoms with E-state index < -0.39 is 0 Å². The Kier molecular flexibility index (Phi) is 6.44. The van der Waals surface area contributed by atoms with Gasteiger partial charge in [0.1, 0.15) is 5.82 Å². The molecule has 3 rings (SSSR count). The fourth-order valence-corrected chi connectivity index (χ4v) is 3.50. The molecule has 1 N–H and O–H groups in total. The second-order valence-corrected chi connectivity index (χ2v) is 7.58. The number of hydrogen-bond acceptors (Lipinski definition) is 5. The van der Waals surface area contributed by atoms with Gasteiger partial charge in [-0.05, 0) is 63.3 Å². The zero-order chi connectivity index (χ0) is 18.4. The summed E-state index contributed by atoms with van der Waals surface area (Å²) >= 11 is 1.22. The van der Waals surface area contributed by atoms with E-state index in [-0.39, 0.29) is 17.0 Å². The van der Waals surface area contributed by atoms with E-state index in [1.54, 1.807) is 12.1 Å². The fourth-order valence-electron chi connectivity index (χ4n) is 2.79. The molecule has 0 saturated heterocycles. The molecular formula is C19H22FN3O2S. The number of allylic oxidation sites excluding steroid dienone is 1. The van der Waals surface area contributed by atoms with Crippen LogP contribution in [0.15, 0.2) is 45.6 Å². The second kappa shape index (κ2) is 8.98. The van der Waals surface area contributed by atoms with Crippen molar-refractivity contribution in [2.24, 2.45) is 0 Å². The molecule has 1 aliphatic rings. The number of nitrogens with zero attached hydrogens (tertiary/aromatic N) is 2. The minimum Gasteiger partial charge on any atom is -0.411 e. The maximum atomic E-state index is 13.0. The number of rotatable bonds is 7. The molecule has 26 heavy (non-hydrogen) atoms. The molecule has 1 aromatic heterocycles. The molecule has 1 atom stereocenters. The molecule has 1 amide bonds. The maximum absolute atomic E-state index is 13.0. The van der Waals surface area contributed by atoms with Gasteiger partial charge in [0.2, 0.25) is 11.8 Å². The van der Waals surface area contributed by atoms with Crippen LogP contribution in [0.4, 0.5) is 4.39 Å². The van der Waals surface area contributed by atoms with Gasteiger partial charge in [0.25, 0.3) is 5.22 Å². The predicted octanol–water partition coefficient (Wildman–Crippen LogP) is 4.36. The Morgan fingerprint density at radius 1 is 1.31 bits per heavy atom. The third kappa shape index (κ3) is 5.17. The topological polar surface area (TPSA) is 68.0 Å². The van der Waals surface area contributed by atoms with Crippen LogP contribution < -0.4 is 5.32 Å². The second-order valence-electron chi connectivity index (χ2n) is 6.29. The highest BCUT2D eigenvalue weighted by atomic mass is 32.2. The SMILES string of the molecule is C[C@H](Sc1nnc(-c2ccc(F)cc2)o1)C(=O)NCCC1=CCCCC1. The quantitative estimate of drug-likeness (QED) is 0.575. The van der Waals surface area contributed by atoms with Crippen LogP contribution in [0.2, 0.25) is 0 Å². The van der Waals surface area contributed by atoms with E-state index in [1.165, 1.54) is 42.3 Å². The smallest absolute Gasteiger partial charge is 0.277 e. The van der Waals surface area contributed by atoms with Crippen molar-refractivity contribution in [1.82, 2.24) is 15.5 Å². The lowest BCUT2D eigenvalue weighted by molar-refractivity contribution is -0.120. The summed E-state index contributed by atoms with van der Waals surface area (Å²) in [6.07, 6.45) is 8.03. The van der Waals surface area contributed by atoms with Crippen molar-refractivity contribution in [2.45, 2.75) is 49.5 Å². The van der Waals surface area contributed by atoms with Gasteiger partial charge in [-0.2, -0.15) is 0 Å². The molecule has 1 aliphatic carbocycles. The molecule has 5 nitrogen and oxygen atoms in total. The Morgan fingerprint density at radius 2 is 2.12 bits per heavy atom. The van der Waals surface area contributed by atoms with E-state index in [0.717, 1.165) is 19.3 Å². The van der Waals surface area contributed by atoms with Crippen LogP contribution in [0.3, 0.4) is 0 Å². The van der Waals surface area contributed by atoms with Gasteiger partial charge in [-0.15, -0.1) is 10.2 Å². The third-order valence-corrected chi connectivity index (χ3v) is 5.21. The number of thioether (sulfide) groups is 1. The number of nitrogens with one attached hydrogen (secondary N) is 1. The average Bonchev–Trinajstić information content (AvgIpc) is 3.11. The lowest BCUT2D eigenvalue weighted by Crippen LogP contribution is -2.31. The number of amides is 1.